The predicted octanol–water partition coefficient (Wildman–Crippen LogP) is 4.82. The number of carbonyl (C=O) groups excluding carboxylic acids is 2. The molecule has 1 amide bonds. The topological polar surface area (TPSA) is 65.1 Å². The quantitative estimate of drug-likeness (QED) is 0.535. The average Bonchev–Trinajstić information content (AvgIpc) is 2.70. The molecule has 3 rings (SSSR count). The summed E-state index contributed by atoms with van der Waals surface area (Å²) in [6.07, 6.45) is 1.07. The summed E-state index contributed by atoms with van der Waals surface area (Å²) in [5.41, 5.74) is 2.44. The third-order valence-corrected chi connectivity index (χ3v) is 4.38. The van der Waals surface area contributed by atoms with Crippen LogP contribution in [0.4, 0.5) is 10.5 Å². The fourth-order valence-corrected chi connectivity index (χ4v) is 3.15. The van der Waals surface area contributed by atoms with Crippen molar-refractivity contribution in [3.05, 3.63) is 65.7 Å². The first-order valence-corrected chi connectivity index (χ1v) is 10.00. The molecule has 30 heavy (non-hydrogen) atoms. The van der Waals surface area contributed by atoms with E-state index in [4.69, 9.17) is 14.2 Å². The molecule has 0 aromatic heterocycles. The van der Waals surface area contributed by atoms with Gasteiger partial charge >= 0.3 is 12.1 Å². The Morgan fingerprint density at radius 1 is 1.10 bits per heavy atom. The largest absolute Gasteiger partial charge is 0.490 e. The van der Waals surface area contributed by atoms with Crippen LogP contribution >= 0.6 is 0 Å². The van der Waals surface area contributed by atoms with Gasteiger partial charge in [-0.3, -0.25) is 4.90 Å². The lowest BCUT2D eigenvalue weighted by Gasteiger charge is -2.32. The Bertz CT molecular complexity index is 944. The fraction of sp³-hybridized carbons (Fsp3) is 0.333. The maximum atomic E-state index is 12.6. The summed E-state index contributed by atoms with van der Waals surface area (Å²) in [6, 6.07) is 15.1. The highest BCUT2D eigenvalue weighted by atomic mass is 16.6. The summed E-state index contributed by atoms with van der Waals surface area (Å²) in [6.45, 7) is 8.34. The second-order valence-electron chi connectivity index (χ2n) is 7.84. The van der Waals surface area contributed by atoms with Crippen LogP contribution in [0.1, 0.15) is 38.8 Å². The minimum Gasteiger partial charge on any atom is -0.490 e. The Kier molecular flexibility index (Phi) is 6.45. The van der Waals surface area contributed by atoms with Crippen molar-refractivity contribution >= 4 is 23.3 Å². The molecule has 0 unspecified atom stereocenters. The van der Waals surface area contributed by atoms with Gasteiger partial charge in [0.25, 0.3) is 0 Å². The number of benzene rings is 2. The van der Waals surface area contributed by atoms with Gasteiger partial charge in [0.2, 0.25) is 0 Å². The molecular formula is C24H27NO5. The number of amides is 1. The summed E-state index contributed by atoms with van der Waals surface area (Å²) < 4.78 is 16.4. The first-order valence-electron chi connectivity index (χ1n) is 10.00. The van der Waals surface area contributed by atoms with Gasteiger partial charge in [-0.05, 0) is 56.5 Å². The maximum absolute atomic E-state index is 12.6. The number of esters is 1. The summed E-state index contributed by atoms with van der Waals surface area (Å²) >= 11 is 0. The molecule has 0 fully saturated rings. The van der Waals surface area contributed by atoms with Gasteiger partial charge in [0.15, 0.2) is 0 Å². The van der Waals surface area contributed by atoms with Crippen LogP contribution < -0.4 is 9.64 Å². The van der Waals surface area contributed by atoms with Crippen molar-refractivity contribution in [3.8, 4) is 5.75 Å². The van der Waals surface area contributed by atoms with Crippen molar-refractivity contribution in [1.82, 2.24) is 0 Å². The number of nitrogens with zero attached hydrogens (tertiary/aromatic N) is 1. The zero-order valence-corrected chi connectivity index (χ0v) is 17.8. The smallest absolute Gasteiger partial charge is 0.415 e. The molecule has 0 atom stereocenters. The molecule has 2 aromatic rings. The normalized spacial score (nSPS) is 13.9. The molecule has 0 bridgehead atoms. The van der Waals surface area contributed by atoms with E-state index in [1.54, 1.807) is 11.8 Å². The summed E-state index contributed by atoms with van der Waals surface area (Å²) in [4.78, 5) is 26.3. The highest BCUT2D eigenvalue weighted by Gasteiger charge is 2.28. The zero-order valence-electron chi connectivity index (χ0n) is 17.8. The Morgan fingerprint density at radius 2 is 1.83 bits per heavy atom. The van der Waals surface area contributed by atoms with Crippen molar-refractivity contribution in [2.45, 2.75) is 33.3 Å². The fourth-order valence-electron chi connectivity index (χ4n) is 3.15. The van der Waals surface area contributed by atoms with Crippen molar-refractivity contribution in [1.29, 1.82) is 0 Å². The zero-order chi connectivity index (χ0) is 21.7. The first-order chi connectivity index (χ1) is 14.3. The Hall–Kier alpha value is -3.28. The minimum atomic E-state index is -0.585. The van der Waals surface area contributed by atoms with E-state index in [0.29, 0.717) is 31.2 Å². The number of fused-ring (bicyclic) bond motifs is 1. The molecule has 0 spiro atoms. The van der Waals surface area contributed by atoms with Gasteiger partial charge in [-0.2, -0.15) is 0 Å². The average molecular weight is 409 g/mol. The van der Waals surface area contributed by atoms with E-state index in [9.17, 15) is 9.59 Å². The van der Waals surface area contributed by atoms with Crippen LogP contribution in [0.2, 0.25) is 0 Å². The van der Waals surface area contributed by atoms with Gasteiger partial charge < -0.3 is 14.2 Å². The van der Waals surface area contributed by atoms with E-state index in [1.165, 1.54) is 6.08 Å². The van der Waals surface area contributed by atoms with Crippen LogP contribution in [0.3, 0.4) is 0 Å². The molecule has 0 radical (unpaired) electrons. The molecule has 0 saturated carbocycles. The lowest BCUT2D eigenvalue weighted by molar-refractivity contribution is -0.137. The molecule has 6 nitrogen and oxygen atoms in total. The van der Waals surface area contributed by atoms with E-state index < -0.39 is 17.7 Å². The van der Waals surface area contributed by atoms with E-state index in [1.807, 2.05) is 69.3 Å². The van der Waals surface area contributed by atoms with Crippen molar-refractivity contribution < 1.29 is 23.8 Å². The molecule has 0 aliphatic carbocycles. The second kappa shape index (κ2) is 9.03. The predicted molar refractivity (Wildman–Crippen MR) is 116 cm³/mol. The van der Waals surface area contributed by atoms with E-state index in [-0.39, 0.29) is 0 Å². The molecule has 0 N–H and O–H groups in total. The molecule has 158 valence electrons. The van der Waals surface area contributed by atoms with Crippen molar-refractivity contribution in [3.63, 3.8) is 0 Å². The monoisotopic (exact) mass is 409 g/mol. The van der Waals surface area contributed by atoms with Gasteiger partial charge in [0.1, 0.15) is 18.0 Å². The summed E-state index contributed by atoms with van der Waals surface area (Å²) in [5.74, 6) is 0.153. The van der Waals surface area contributed by atoms with E-state index in [0.717, 1.165) is 16.7 Å². The van der Waals surface area contributed by atoms with Gasteiger partial charge in [0, 0.05) is 6.08 Å². The maximum Gasteiger partial charge on any atom is 0.415 e. The standard InChI is InChI=1S/C24H27NO5/c1-5-28-22(26)16-19(17-9-7-6-8-10-17)18-11-12-20-21(15-18)29-14-13-25(20)23(27)30-24(2,3)4/h6-12,15-16H,5,13-14H2,1-4H3. The third-order valence-electron chi connectivity index (χ3n) is 4.38. The van der Waals surface area contributed by atoms with Crippen molar-refractivity contribution in [2.75, 3.05) is 24.7 Å². The number of anilines is 1. The van der Waals surface area contributed by atoms with Crippen LogP contribution in [0.15, 0.2) is 54.6 Å². The van der Waals surface area contributed by atoms with E-state index >= 15 is 0 Å². The summed E-state index contributed by atoms with van der Waals surface area (Å²) in [5, 5.41) is 0. The lowest BCUT2D eigenvalue weighted by atomic mass is 9.96. The Balaban J connectivity index is 1.98. The highest BCUT2D eigenvalue weighted by molar-refractivity contribution is 5.97. The van der Waals surface area contributed by atoms with Gasteiger partial charge in [-0.25, -0.2) is 9.59 Å². The minimum absolute atomic E-state index is 0.301. The van der Waals surface area contributed by atoms with Crippen LogP contribution in [-0.4, -0.2) is 37.4 Å². The van der Waals surface area contributed by atoms with Gasteiger partial charge in [-0.1, -0.05) is 36.4 Å². The number of hydrogen-bond donors (Lipinski definition) is 0. The van der Waals surface area contributed by atoms with Crippen molar-refractivity contribution in [2.24, 2.45) is 0 Å². The van der Waals surface area contributed by atoms with Crippen LogP contribution in [-0.2, 0) is 14.3 Å². The van der Waals surface area contributed by atoms with Crippen LogP contribution in [0, 0.1) is 0 Å². The molecule has 2 aromatic carbocycles. The number of hydrogen-bond acceptors (Lipinski definition) is 5. The number of ether oxygens (including phenoxy) is 3. The van der Waals surface area contributed by atoms with Gasteiger partial charge in [-0.15, -0.1) is 0 Å². The first kappa shape index (κ1) is 21.4. The van der Waals surface area contributed by atoms with E-state index in [2.05, 4.69) is 0 Å². The van der Waals surface area contributed by atoms with Gasteiger partial charge in [0.05, 0.1) is 18.8 Å². The Labute approximate surface area is 177 Å². The molecule has 0 saturated heterocycles. The number of rotatable bonds is 4. The lowest BCUT2D eigenvalue weighted by Crippen LogP contribution is -2.41. The summed E-state index contributed by atoms with van der Waals surface area (Å²) in [7, 11) is 0. The van der Waals surface area contributed by atoms with Crippen LogP contribution in [0.25, 0.3) is 5.57 Å². The molecule has 6 heteroatoms. The second-order valence-corrected chi connectivity index (χ2v) is 7.84. The highest BCUT2D eigenvalue weighted by Crippen LogP contribution is 2.36. The SMILES string of the molecule is CCOC(=O)C=C(c1ccccc1)c1ccc2c(c1)OCCN2C(=O)OC(C)(C)C. The third kappa shape index (κ3) is 5.20. The molecular weight excluding hydrogens is 382 g/mol. The Morgan fingerprint density at radius 3 is 2.50 bits per heavy atom. The molecule has 1 aliphatic rings. The molecule has 1 heterocycles. The van der Waals surface area contributed by atoms with Crippen LogP contribution in [0.5, 0.6) is 5.75 Å². The number of carbonyl (C=O) groups is 2. The molecule has 1 aliphatic heterocycles.